The van der Waals surface area contributed by atoms with E-state index in [1.54, 1.807) is 12.4 Å². The molecule has 0 aliphatic heterocycles. The van der Waals surface area contributed by atoms with E-state index >= 15 is 0 Å². The lowest BCUT2D eigenvalue weighted by molar-refractivity contribution is 0.463. The molecule has 3 aromatic rings. The van der Waals surface area contributed by atoms with Crippen LogP contribution in [-0.2, 0) is 0 Å². The number of H-pyrrole nitrogens is 1. The maximum atomic E-state index is 5.54. The van der Waals surface area contributed by atoms with Gasteiger partial charge in [-0.1, -0.05) is 18.2 Å². The Morgan fingerprint density at radius 1 is 1.06 bits per heavy atom. The van der Waals surface area contributed by atoms with E-state index in [1.165, 1.54) is 0 Å². The van der Waals surface area contributed by atoms with Crippen molar-refractivity contribution in [3.63, 3.8) is 0 Å². The number of ether oxygens (including phenoxy) is 1. The van der Waals surface area contributed by atoms with Gasteiger partial charge in [0, 0.05) is 0 Å². The van der Waals surface area contributed by atoms with Crippen LogP contribution in [0.15, 0.2) is 42.7 Å². The summed E-state index contributed by atoms with van der Waals surface area (Å²) in [6.07, 6.45) is 3.17. The van der Waals surface area contributed by atoms with Gasteiger partial charge < -0.3 is 4.74 Å². The summed E-state index contributed by atoms with van der Waals surface area (Å²) >= 11 is 0. The minimum atomic E-state index is 0.458. The number of nitrogens with zero attached hydrogens (tertiary/aromatic N) is 3. The molecule has 1 aromatic carbocycles. The third-order valence-electron chi connectivity index (χ3n) is 2.10. The highest BCUT2D eigenvalue weighted by Crippen LogP contribution is 2.19. The third-order valence-corrected chi connectivity index (χ3v) is 2.10. The third kappa shape index (κ3) is 1.58. The number of benzene rings is 1. The number of rotatable bonds is 2. The fourth-order valence-corrected chi connectivity index (χ4v) is 1.38. The van der Waals surface area contributed by atoms with Gasteiger partial charge in [0.15, 0.2) is 5.65 Å². The molecule has 5 heteroatoms. The Morgan fingerprint density at radius 2 is 1.94 bits per heavy atom. The van der Waals surface area contributed by atoms with Crippen LogP contribution in [0.4, 0.5) is 0 Å². The highest BCUT2D eigenvalue weighted by molar-refractivity contribution is 5.68. The average Bonchev–Trinajstić information content (AvgIpc) is 2.77. The van der Waals surface area contributed by atoms with Crippen molar-refractivity contribution >= 4 is 11.2 Å². The van der Waals surface area contributed by atoms with E-state index in [4.69, 9.17) is 4.74 Å². The minimum Gasteiger partial charge on any atom is -0.437 e. The smallest absolute Gasteiger partial charge is 0.238 e. The Hall–Kier alpha value is -2.43. The van der Waals surface area contributed by atoms with Crippen molar-refractivity contribution in [2.24, 2.45) is 0 Å². The molecule has 78 valence electrons. The van der Waals surface area contributed by atoms with Crippen molar-refractivity contribution in [2.75, 3.05) is 0 Å². The monoisotopic (exact) mass is 212 g/mol. The molecule has 16 heavy (non-hydrogen) atoms. The van der Waals surface area contributed by atoms with Crippen molar-refractivity contribution in [1.82, 2.24) is 20.2 Å². The van der Waals surface area contributed by atoms with Gasteiger partial charge in [-0.3, -0.25) is 5.10 Å². The molecule has 1 N–H and O–H groups in total. The van der Waals surface area contributed by atoms with Gasteiger partial charge in [-0.05, 0) is 12.1 Å². The van der Waals surface area contributed by atoms with Gasteiger partial charge in [0.1, 0.15) is 11.3 Å². The van der Waals surface area contributed by atoms with E-state index in [0.717, 1.165) is 5.75 Å². The summed E-state index contributed by atoms with van der Waals surface area (Å²) in [7, 11) is 0. The van der Waals surface area contributed by atoms with Gasteiger partial charge in [-0.25, -0.2) is 9.97 Å². The Bertz CT molecular complexity index is 605. The molecule has 0 bridgehead atoms. The highest BCUT2D eigenvalue weighted by Gasteiger charge is 2.02. The van der Waals surface area contributed by atoms with Crippen LogP contribution < -0.4 is 4.74 Å². The fourth-order valence-electron chi connectivity index (χ4n) is 1.38. The SMILES string of the molecule is c1ccc(Oc2cnc3[nH]ncc3n2)cc1. The molecule has 2 heterocycles. The molecular formula is C11H8N4O. The molecule has 2 aromatic heterocycles. The number of aromatic nitrogens is 4. The van der Waals surface area contributed by atoms with E-state index in [0.29, 0.717) is 17.0 Å². The second-order valence-corrected chi connectivity index (χ2v) is 3.23. The Morgan fingerprint density at radius 3 is 2.81 bits per heavy atom. The standard InChI is InChI=1S/C11H8N4O/c1-2-4-8(5-3-1)16-10-7-12-11-9(14-10)6-13-15-11/h1-7H,(H,12,13,15). The van der Waals surface area contributed by atoms with Crippen LogP contribution in [0.1, 0.15) is 0 Å². The van der Waals surface area contributed by atoms with Gasteiger partial charge in [-0.15, -0.1) is 0 Å². The first-order valence-electron chi connectivity index (χ1n) is 4.81. The number of aromatic amines is 1. The predicted octanol–water partition coefficient (Wildman–Crippen LogP) is 2.15. The summed E-state index contributed by atoms with van der Waals surface area (Å²) < 4.78 is 5.54. The maximum absolute atomic E-state index is 5.54. The Kier molecular flexibility index (Phi) is 2.00. The van der Waals surface area contributed by atoms with Crippen LogP contribution in [0, 0.1) is 0 Å². The van der Waals surface area contributed by atoms with Crippen molar-refractivity contribution in [1.29, 1.82) is 0 Å². The summed E-state index contributed by atoms with van der Waals surface area (Å²) in [6, 6.07) is 9.46. The van der Waals surface area contributed by atoms with Crippen LogP contribution in [0.25, 0.3) is 11.2 Å². The maximum Gasteiger partial charge on any atom is 0.238 e. The molecule has 5 nitrogen and oxygen atoms in total. The Labute approximate surface area is 91.1 Å². The van der Waals surface area contributed by atoms with Crippen molar-refractivity contribution in [3.8, 4) is 11.6 Å². The largest absolute Gasteiger partial charge is 0.437 e. The lowest BCUT2D eigenvalue weighted by Gasteiger charge is -2.02. The van der Waals surface area contributed by atoms with E-state index in [1.807, 2.05) is 30.3 Å². The van der Waals surface area contributed by atoms with Crippen molar-refractivity contribution in [2.45, 2.75) is 0 Å². The summed E-state index contributed by atoms with van der Waals surface area (Å²) in [5.41, 5.74) is 1.34. The molecular weight excluding hydrogens is 204 g/mol. The summed E-state index contributed by atoms with van der Waals surface area (Å²) in [6.45, 7) is 0. The normalized spacial score (nSPS) is 10.5. The molecule has 0 spiro atoms. The molecule has 0 aliphatic rings. The predicted molar refractivity (Wildman–Crippen MR) is 58.2 cm³/mol. The molecule has 0 saturated heterocycles. The quantitative estimate of drug-likeness (QED) is 0.706. The second-order valence-electron chi connectivity index (χ2n) is 3.23. The molecule has 0 unspecified atom stereocenters. The average molecular weight is 212 g/mol. The zero-order valence-corrected chi connectivity index (χ0v) is 8.29. The number of fused-ring (bicyclic) bond motifs is 1. The van der Waals surface area contributed by atoms with Gasteiger partial charge in [-0.2, -0.15) is 5.10 Å². The summed E-state index contributed by atoms with van der Waals surface area (Å²) in [5.74, 6) is 1.19. The lowest BCUT2D eigenvalue weighted by atomic mass is 10.3. The zero-order chi connectivity index (χ0) is 10.8. The van der Waals surface area contributed by atoms with E-state index in [-0.39, 0.29) is 0 Å². The minimum absolute atomic E-state index is 0.458. The number of para-hydroxylation sites is 1. The highest BCUT2D eigenvalue weighted by atomic mass is 16.5. The van der Waals surface area contributed by atoms with Gasteiger partial charge in [0.2, 0.25) is 5.88 Å². The van der Waals surface area contributed by atoms with E-state index in [9.17, 15) is 0 Å². The first-order chi connectivity index (χ1) is 7.92. The van der Waals surface area contributed by atoms with Crippen LogP contribution >= 0.6 is 0 Å². The van der Waals surface area contributed by atoms with Crippen LogP contribution in [0.3, 0.4) is 0 Å². The lowest BCUT2D eigenvalue weighted by Crippen LogP contribution is -1.89. The van der Waals surface area contributed by atoms with Crippen LogP contribution in [0.2, 0.25) is 0 Å². The molecule has 0 saturated carbocycles. The van der Waals surface area contributed by atoms with Crippen LogP contribution in [0.5, 0.6) is 11.6 Å². The first-order valence-corrected chi connectivity index (χ1v) is 4.81. The fraction of sp³-hybridized carbons (Fsp3) is 0. The Balaban J connectivity index is 1.94. The van der Waals surface area contributed by atoms with E-state index in [2.05, 4.69) is 20.2 Å². The molecule has 0 atom stereocenters. The topological polar surface area (TPSA) is 63.7 Å². The zero-order valence-electron chi connectivity index (χ0n) is 8.29. The van der Waals surface area contributed by atoms with Crippen molar-refractivity contribution in [3.05, 3.63) is 42.7 Å². The second kappa shape index (κ2) is 3.62. The van der Waals surface area contributed by atoms with Gasteiger partial charge in [0.05, 0.1) is 12.4 Å². The molecule has 0 amide bonds. The van der Waals surface area contributed by atoms with Gasteiger partial charge in [0.25, 0.3) is 0 Å². The number of hydrogen-bond acceptors (Lipinski definition) is 4. The van der Waals surface area contributed by atoms with Crippen LogP contribution in [-0.4, -0.2) is 20.2 Å². The molecule has 0 radical (unpaired) electrons. The molecule has 0 fully saturated rings. The number of nitrogens with one attached hydrogen (secondary N) is 1. The van der Waals surface area contributed by atoms with E-state index < -0.39 is 0 Å². The summed E-state index contributed by atoms with van der Waals surface area (Å²) in [5, 5.41) is 6.58. The van der Waals surface area contributed by atoms with Crippen molar-refractivity contribution < 1.29 is 4.74 Å². The molecule has 3 rings (SSSR count). The van der Waals surface area contributed by atoms with Gasteiger partial charge >= 0.3 is 0 Å². The first kappa shape index (κ1) is 8.84. The molecule has 0 aliphatic carbocycles. The summed E-state index contributed by atoms with van der Waals surface area (Å²) in [4.78, 5) is 8.38. The number of hydrogen-bond donors (Lipinski definition) is 1.